The van der Waals surface area contributed by atoms with Crippen LogP contribution in [0.15, 0.2) is 18.2 Å². The fourth-order valence-corrected chi connectivity index (χ4v) is 1.32. The highest BCUT2D eigenvalue weighted by atomic mass is 19.1. The van der Waals surface area contributed by atoms with E-state index >= 15 is 0 Å². The third-order valence-electron chi connectivity index (χ3n) is 2.20. The minimum absolute atomic E-state index is 0.0564. The molecule has 86 valence electrons. The Kier molecular flexibility index (Phi) is 3.05. The van der Waals surface area contributed by atoms with Gasteiger partial charge in [0.1, 0.15) is 24.3 Å². The average molecular weight is 226 g/mol. The Bertz CT molecular complexity index is 401. The summed E-state index contributed by atoms with van der Waals surface area (Å²) in [6, 6.07) is 3.84. The molecule has 0 saturated carbocycles. The Hall–Kier alpha value is -1.62. The molecule has 0 amide bonds. The van der Waals surface area contributed by atoms with E-state index < -0.39 is 11.8 Å². The number of carboxylic acids is 1. The highest BCUT2D eigenvalue weighted by Gasteiger charge is 2.23. The van der Waals surface area contributed by atoms with Crippen molar-refractivity contribution in [3.05, 3.63) is 29.6 Å². The van der Waals surface area contributed by atoms with Gasteiger partial charge in [-0.25, -0.2) is 4.39 Å². The summed E-state index contributed by atoms with van der Waals surface area (Å²) >= 11 is 0. The Morgan fingerprint density at radius 2 is 2.38 bits per heavy atom. The first-order valence-electron chi connectivity index (χ1n) is 4.90. The van der Waals surface area contributed by atoms with E-state index in [1.165, 1.54) is 18.2 Å². The molecule has 1 saturated heterocycles. The number of benzene rings is 1. The van der Waals surface area contributed by atoms with Crippen molar-refractivity contribution < 1.29 is 23.8 Å². The van der Waals surface area contributed by atoms with Gasteiger partial charge in [0, 0.05) is 11.6 Å². The number of rotatable bonds is 5. The van der Waals surface area contributed by atoms with Gasteiger partial charge in [-0.1, -0.05) is 6.07 Å². The highest BCUT2D eigenvalue weighted by molar-refractivity contribution is 5.71. The van der Waals surface area contributed by atoms with Crippen LogP contribution < -0.4 is 4.74 Å². The van der Waals surface area contributed by atoms with Gasteiger partial charge in [0.15, 0.2) is 0 Å². The number of aliphatic carboxylic acids is 1. The summed E-state index contributed by atoms with van der Waals surface area (Å²) in [5, 5.41) is 8.68. The van der Waals surface area contributed by atoms with Crippen molar-refractivity contribution in [2.75, 3.05) is 13.2 Å². The van der Waals surface area contributed by atoms with Gasteiger partial charge in [-0.15, -0.1) is 0 Å². The van der Waals surface area contributed by atoms with E-state index in [-0.39, 0.29) is 18.3 Å². The molecule has 1 N–H and O–H groups in total. The van der Waals surface area contributed by atoms with Crippen LogP contribution in [0.4, 0.5) is 4.39 Å². The van der Waals surface area contributed by atoms with Crippen molar-refractivity contribution in [3.8, 4) is 5.75 Å². The van der Waals surface area contributed by atoms with Crippen molar-refractivity contribution in [2.45, 2.75) is 12.5 Å². The molecule has 1 heterocycles. The molecule has 16 heavy (non-hydrogen) atoms. The first kappa shape index (κ1) is 10.9. The van der Waals surface area contributed by atoms with Crippen LogP contribution in [-0.2, 0) is 16.0 Å². The van der Waals surface area contributed by atoms with Crippen LogP contribution in [0.2, 0.25) is 0 Å². The molecule has 0 aromatic heterocycles. The first-order valence-corrected chi connectivity index (χ1v) is 4.90. The van der Waals surface area contributed by atoms with E-state index in [0.717, 1.165) is 0 Å². The quantitative estimate of drug-likeness (QED) is 0.767. The largest absolute Gasteiger partial charge is 0.490 e. The summed E-state index contributed by atoms with van der Waals surface area (Å²) in [7, 11) is 0. The summed E-state index contributed by atoms with van der Waals surface area (Å²) in [6.45, 7) is 0.972. The molecule has 0 radical (unpaired) electrons. The number of halogens is 1. The number of ether oxygens (including phenoxy) is 2. The third-order valence-corrected chi connectivity index (χ3v) is 2.20. The van der Waals surface area contributed by atoms with Gasteiger partial charge in [-0.05, 0) is 6.07 Å². The van der Waals surface area contributed by atoms with Crippen LogP contribution >= 0.6 is 0 Å². The predicted molar refractivity (Wildman–Crippen MR) is 53.0 cm³/mol. The van der Waals surface area contributed by atoms with Crippen LogP contribution in [0.1, 0.15) is 5.56 Å². The third kappa shape index (κ3) is 2.93. The second kappa shape index (κ2) is 4.49. The minimum Gasteiger partial charge on any atom is -0.490 e. The molecule has 0 bridgehead atoms. The lowest BCUT2D eigenvalue weighted by molar-refractivity contribution is -0.136. The average Bonchev–Trinajstić information content (AvgIpc) is 3.01. The number of hydrogen-bond donors (Lipinski definition) is 1. The second-order valence-corrected chi connectivity index (χ2v) is 3.59. The number of hydrogen-bond acceptors (Lipinski definition) is 3. The zero-order chi connectivity index (χ0) is 11.5. The molecule has 5 heteroatoms. The van der Waals surface area contributed by atoms with Crippen LogP contribution in [0.5, 0.6) is 5.75 Å². The molecule has 1 aliphatic heterocycles. The number of epoxide rings is 1. The molecular formula is C11H11FO4. The zero-order valence-corrected chi connectivity index (χ0v) is 8.48. The Balaban J connectivity index is 2.10. The van der Waals surface area contributed by atoms with Gasteiger partial charge in [0.25, 0.3) is 0 Å². The maximum atomic E-state index is 13.0. The van der Waals surface area contributed by atoms with Crippen LogP contribution in [0, 0.1) is 5.82 Å². The Labute approximate surface area is 91.6 Å². The first-order chi connectivity index (χ1) is 7.65. The Morgan fingerprint density at radius 3 is 3.00 bits per heavy atom. The van der Waals surface area contributed by atoms with Gasteiger partial charge in [-0.3, -0.25) is 4.79 Å². The fraction of sp³-hybridized carbons (Fsp3) is 0.364. The summed E-state index contributed by atoms with van der Waals surface area (Å²) in [6.07, 6.45) is -0.123. The SMILES string of the molecule is O=C(O)Cc1ccc(F)cc1OCC1CO1. The summed E-state index contributed by atoms with van der Waals surface area (Å²) in [5.74, 6) is -1.14. The van der Waals surface area contributed by atoms with Gasteiger partial charge in [-0.2, -0.15) is 0 Å². The molecule has 1 fully saturated rings. The molecule has 0 spiro atoms. The topological polar surface area (TPSA) is 59.1 Å². The molecule has 0 aliphatic carbocycles. The molecule has 2 rings (SSSR count). The lowest BCUT2D eigenvalue weighted by Crippen LogP contribution is -2.08. The summed E-state index contributed by atoms with van der Waals surface area (Å²) in [5.41, 5.74) is 0.467. The molecule has 1 aliphatic rings. The normalized spacial score (nSPS) is 18.2. The van der Waals surface area contributed by atoms with Gasteiger partial charge in [0.05, 0.1) is 13.0 Å². The maximum absolute atomic E-state index is 13.0. The van der Waals surface area contributed by atoms with Crippen LogP contribution in [0.25, 0.3) is 0 Å². The smallest absolute Gasteiger partial charge is 0.307 e. The Morgan fingerprint density at radius 1 is 1.62 bits per heavy atom. The number of carboxylic acid groups (broad SMARTS) is 1. The van der Waals surface area contributed by atoms with Crippen molar-refractivity contribution in [1.82, 2.24) is 0 Å². The zero-order valence-electron chi connectivity index (χ0n) is 8.48. The van der Waals surface area contributed by atoms with Crippen molar-refractivity contribution >= 4 is 5.97 Å². The van der Waals surface area contributed by atoms with Crippen molar-refractivity contribution in [3.63, 3.8) is 0 Å². The van der Waals surface area contributed by atoms with Crippen LogP contribution in [-0.4, -0.2) is 30.4 Å². The molecular weight excluding hydrogens is 215 g/mol. The lowest BCUT2D eigenvalue weighted by atomic mass is 10.1. The van der Waals surface area contributed by atoms with Gasteiger partial charge < -0.3 is 14.6 Å². The van der Waals surface area contributed by atoms with Gasteiger partial charge >= 0.3 is 5.97 Å². The molecule has 1 aromatic rings. The minimum atomic E-state index is -0.973. The molecule has 4 nitrogen and oxygen atoms in total. The molecule has 1 atom stereocenters. The molecule has 1 unspecified atom stereocenters. The standard InChI is InChI=1S/C11H11FO4/c12-8-2-1-7(3-11(13)14)10(4-8)16-6-9-5-15-9/h1-2,4,9H,3,5-6H2,(H,13,14). The fourth-order valence-electron chi connectivity index (χ4n) is 1.32. The summed E-state index contributed by atoms with van der Waals surface area (Å²) < 4.78 is 23.2. The highest BCUT2D eigenvalue weighted by Crippen LogP contribution is 2.22. The monoisotopic (exact) mass is 226 g/mol. The van der Waals surface area contributed by atoms with E-state index in [0.29, 0.717) is 18.8 Å². The van der Waals surface area contributed by atoms with E-state index in [4.69, 9.17) is 14.6 Å². The maximum Gasteiger partial charge on any atom is 0.307 e. The van der Waals surface area contributed by atoms with Crippen LogP contribution in [0.3, 0.4) is 0 Å². The molecule has 1 aromatic carbocycles. The van der Waals surface area contributed by atoms with E-state index in [9.17, 15) is 9.18 Å². The van der Waals surface area contributed by atoms with E-state index in [2.05, 4.69) is 0 Å². The lowest BCUT2D eigenvalue weighted by Gasteiger charge is -2.09. The van der Waals surface area contributed by atoms with E-state index in [1.807, 2.05) is 0 Å². The predicted octanol–water partition coefficient (Wildman–Crippen LogP) is 1.23. The van der Waals surface area contributed by atoms with Crippen molar-refractivity contribution in [1.29, 1.82) is 0 Å². The van der Waals surface area contributed by atoms with Crippen molar-refractivity contribution in [2.24, 2.45) is 0 Å². The number of carbonyl (C=O) groups is 1. The van der Waals surface area contributed by atoms with Gasteiger partial charge in [0.2, 0.25) is 0 Å². The second-order valence-electron chi connectivity index (χ2n) is 3.59. The summed E-state index contributed by atoms with van der Waals surface area (Å²) in [4.78, 5) is 10.6. The van der Waals surface area contributed by atoms with E-state index in [1.54, 1.807) is 0 Å².